The molecular formula is C17H27N3OS. The first-order chi connectivity index (χ1) is 10.4. The van der Waals surface area contributed by atoms with Gasteiger partial charge in [-0.3, -0.25) is 4.79 Å². The Labute approximate surface area is 137 Å². The van der Waals surface area contributed by atoms with Crippen molar-refractivity contribution in [3.8, 4) is 0 Å². The van der Waals surface area contributed by atoms with Crippen LogP contribution < -0.4 is 0 Å². The van der Waals surface area contributed by atoms with E-state index in [1.54, 1.807) is 17.5 Å². The average molecular weight is 321 g/mol. The molecule has 2 saturated heterocycles. The minimum atomic E-state index is 0.0132. The lowest BCUT2D eigenvalue weighted by molar-refractivity contribution is 0.0669. The SMILES string of the molecule is CN1CCC[C@@H]1[C@@H]1CCCN1C(=O)c1cnc(C(C)(C)C)s1. The minimum absolute atomic E-state index is 0.0132. The van der Waals surface area contributed by atoms with Crippen molar-refractivity contribution in [1.82, 2.24) is 14.8 Å². The summed E-state index contributed by atoms with van der Waals surface area (Å²) >= 11 is 1.56. The number of amides is 1. The molecule has 1 aromatic rings. The third-order valence-corrected chi connectivity index (χ3v) is 6.35. The van der Waals surface area contributed by atoms with Crippen LogP contribution in [0.3, 0.4) is 0 Å². The first-order valence-electron chi connectivity index (χ1n) is 8.35. The Morgan fingerprint density at radius 2 is 1.91 bits per heavy atom. The third kappa shape index (κ3) is 2.93. The molecular weight excluding hydrogens is 294 g/mol. The van der Waals surface area contributed by atoms with Gasteiger partial charge in [0.15, 0.2) is 0 Å². The van der Waals surface area contributed by atoms with Gasteiger partial charge in [-0.05, 0) is 39.3 Å². The highest BCUT2D eigenvalue weighted by atomic mass is 32.1. The lowest BCUT2D eigenvalue weighted by atomic mass is 9.98. The zero-order chi connectivity index (χ0) is 15.9. The van der Waals surface area contributed by atoms with E-state index in [0.717, 1.165) is 35.8 Å². The van der Waals surface area contributed by atoms with Crippen LogP contribution in [0.4, 0.5) is 0 Å². The fraction of sp³-hybridized carbons (Fsp3) is 0.765. The molecule has 4 nitrogen and oxygen atoms in total. The van der Waals surface area contributed by atoms with Crippen molar-refractivity contribution in [2.24, 2.45) is 0 Å². The van der Waals surface area contributed by atoms with E-state index in [1.165, 1.54) is 12.8 Å². The normalized spacial score (nSPS) is 26.8. The van der Waals surface area contributed by atoms with Gasteiger partial charge in [0.2, 0.25) is 0 Å². The van der Waals surface area contributed by atoms with E-state index in [9.17, 15) is 4.79 Å². The first-order valence-corrected chi connectivity index (χ1v) is 9.17. The van der Waals surface area contributed by atoms with Crippen molar-refractivity contribution >= 4 is 17.2 Å². The molecule has 5 heteroatoms. The molecule has 0 aliphatic carbocycles. The maximum Gasteiger partial charge on any atom is 0.265 e. The summed E-state index contributed by atoms with van der Waals surface area (Å²) in [6.07, 6.45) is 6.54. The van der Waals surface area contributed by atoms with E-state index < -0.39 is 0 Å². The fourth-order valence-corrected chi connectivity index (χ4v) is 4.66. The smallest absolute Gasteiger partial charge is 0.265 e. The highest BCUT2D eigenvalue weighted by Gasteiger charge is 2.39. The molecule has 2 aliphatic heterocycles. The molecule has 2 atom stereocenters. The molecule has 3 heterocycles. The van der Waals surface area contributed by atoms with Gasteiger partial charge in [-0.2, -0.15) is 0 Å². The summed E-state index contributed by atoms with van der Waals surface area (Å²) < 4.78 is 0. The highest BCUT2D eigenvalue weighted by molar-refractivity contribution is 7.13. The van der Waals surface area contributed by atoms with E-state index in [2.05, 4.69) is 42.6 Å². The third-order valence-electron chi connectivity index (χ3n) is 4.94. The number of thiazole rings is 1. The van der Waals surface area contributed by atoms with Crippen LogP contribution in [0.5, 0.6) is 0 Å². The standard InChI is InChI=1S/C17H27N3OS/c1-17(2,3)16-18-11-14(22-16)15(21)20-10-6-8-13(20)12-7-5-9-19(12)4/h11-13H,5-10H2,1-4H3/t12-,13+/m1/s1. The van der Waals surface area contributed by atoms with Gasteiger partial charge in [0, 0.05) is 24.0 Å². The second-order valence-corrected chi connectivity index (χ2v) is 8.71. The Bertz CT molecular complexity index is 548. The molecule has 0 unspecified atom stereocenters. The van der Waals surface area contributed by atoms with Crippen LogP contribution >= 0.6 is 11.3 Å². The van der Waals surface area contributed by atoms with Crippen molar-refractivity contribution in [3.05, 3.63) is 16.1 Å². The summed E-state index contributed by atoms with van der Waals surface area (Å²) in [4.78, 5) is 22.8. The van der Waals surface area contributed by atoms with Gasteiger partial charge in [0.25, 0.3) is 5.91 Å². The Morgan fingerprint density at radius 3 is 2.50 bits per heavy atom. The molecule has 1 amide bonds. The Balaban J connectivity index is 1.77. The maximum atomic E-state index is 12.9. The predicted octanol–water partition coefficient (Wildman–Crippen LogP) is 3.14. The lowest BCUT2D eigenvalue weighted by Gasteiger charge is -2.33. The highest BCUT2D eigenvalue weighted by Crippen LogP contribution is 2.32. The van der Waals surface area contributed by atoms with Gasteiger partial charge >= 0.3 is 0 Å². The summed E-state index contributed by atoms with van der Waals surface area (Å²) in [6, 6.07) is 0.932. The van der Waals surface area contributed by atoms with Crippen molar-refractivity contribution in [2.45, 2.75) is 64.0 Å². The topological polar surface area (TPSA) is 36.4 Å². The van der Waals surface area contributed by atoms with Gasteiger partial charge < -0.3 is 9.80 Å². The first kappa shape index (κ1) is 15.9. The second-order valence-electron chi connectivity index (χ2n) is 7.68. The van der Waals surface area contributed by atoms with Gasteiger partial charge in [0.05, 0.1) is 11.2 Å². The summed E-state index contributed by atoms with van der Waals surface area (Å²) in [5.41, 5.74) is 0.0132. The number of nitrogens with zero attached hydrogens (tertiary/aromatic N) is 3. The van der Waals surface area contributed by atoms with Crippen molar-refractivity contribution < 1.29 is 4.79 Å². The van der Waals surface area contributed by atoms with Gasteiger partial charge in [-0.1, -0.05) is 20.8 Å². The van der Waals surface area contributed by atoms with Gasteiger partial charge in [0.1, 0.15) is 4.88 Å². The number of hydrogen-bond acceptors (Lipinski definition) is 4. The summed E-state index contributed by atoms with van der Waals surface area (Å²) in [6.45, 7) is 8.50. The molecule has 0 saturated carbocycles. The maximum absolute atomic E-state index is 12.9. The van der Waals surface area contributed by atoms with Crippen LogP contribution in [0.15, 0.2) is 6.20 Å². The van der Waals surface area contributed by atoms with Crippen LogP contribution in [-0.4, -0.2) is 52.9 Å². The van der Waals surface area contributed by atoms with E-state index in [0.29, 0.717) is 12.1 Å². The fourth-order valence-electron chi connectivity index (χ4n) is 3.73. The van der Waals surface area contributed by atoms with Gasteiger partial charge in [-0.25, -0.2) is 4.98 Å². The van der Waals surface area contributed by atoms with Crippen molar-refractivity contribution in [2.75, 3.05) is 20.1 Å². The molecule has 0 bridgehead atoms. The van der Waals surface area contributed by atoms with Crippen LogP contribution in [0.2, 0.25) is 0 Å². The molecule has 22 heavy (non-hydrogen) atoms. The van der Waals surface area contributed by atoms with E-state index in [1.807, 2.05) is 0 Å². The Hall–Kier alpha value is -0.940. The van der Waals surface area contributed by atoms with Gasteiger partial charge in [-0.15, -0.1) is 11.3 Å². The molecule has 0 radical (unpaired) electrons. The van der Waals surface area contributed by atoms with Crippen LogP contribution in [0.25, 0.3) is 0 Å². The predicted molar refractivity (Wildman–Crippen MR) is 90.5 cm³/mol. The number of hydrogen-bond donors (Lipinski definition) is 0. The molecule has 2 fully saturated rings. The lowest BCUT2D eigenvalue weighted by Crippen LogP contribution is -2.46. The Morgan fingerprint density at radius 1 is 1.23 bits per heavy atom. The van der Waals surface area contributed by atoms with Crippen LogP contribution in [0.1, 0.15) is 61.1 Å². The van der Waals surface area contributed by atoms with Crippen molar-refractivity contribution in [1.29, 1.82) is 0 Å². The quantitative estimate of drug-likeness (QED) is 0.839. The molecule has 0 spiro atoms. The average Bonchev–Trinajstić information content (AvgIpc) is 3.16. The van der Waals surface area contributed by atoms with Crippen LogP contribution in [-0.2, 0) is 5.41 Å². The molecule has 0 N–H and O–H groups in total. The zero-order valence-electron chi connectivity index (χ0n) is 14.1. The number of carbonyl (C=O) groups is 1. The molecule has 0 aromatic carbocycles. The van der Waals surface area contributed by atoms with E-state index in [4.69, 9.17) is 0 Å². The van der Waals surface area contributed by atoms with E-state index in [-0.39, 0.29) is 11.3 Å². The monoisotopic (exact) mass is 321 g/mol. The number of carbonyl (C=O) groups excluding carboxylic acids is 1. The van der Waals surface area contributed by atoms with E-state index >= 15 is 0 Å². The summed E-state index contributed by atoms with van der Waals surface area (Å²) in [5, 5.41) is 1.05. The largest absolute Gasteiger partial charge is 0.333 e. The molecule has 2 aliphatic rings. The zero-order valence-corrected chi connectivity index (χ0v) is 14.9. The number of aromatic nitrogens is 1. The molecule has 1 aromatic heterocycles. The second kappa shape index (κ2) is 5.93. The minimum Gasteiger partial charge on any atom is -0.333 e. The number of likely N-dealkylation sites (N-methyl/N-ethyl adjacent to an activating group) is 1. The summed E-state index contributed by atoms with van der Waals surface area (Å²) in [7, 11) is 2.20. The number of rotatable bonds is 2. The van der Waals surface area contributed by atoms with Crippen LogP contribution in [0, 0.1) is 0 Å². The van der Waals surface area contributed by atoms with Crippen molar-refractivity contribution in [3.63, 3.8) is 0 Å². The number of likely N-dealkylation sites (tertiary alicyclic amines) is 2. The summed E-state index contributed by atoms with van der Waals surface area (Å²) in [5.74, 6) is 0.191. The molecule has 122 valence electrons. The molecule has 3 rings (SSSR count). The Kier molecular flexibility index (Phi) is 4.29.